The highest BCUT2D eigenvalue weighted by molar-refractivity contribution is 6.31. The number of pyridine rings is 1. The third kappa shape index (κ3) is 5.46. The molecule has 3 heterocycles. The highest BCUT2D eigenvalue weighted by atomic mass is 35.5. The Morgan fingerprint density at radius 2 is 1.95 bits per heavy atom. The molecule has 0 fully saturated rings. The lowest BCUT2D eigenvalue weighted by Crippen LogP contribution is -2.32. The Morgan fingerprint density at radius 3 is 2.80 bits per heavy atom. The monoisotopic (exact) mass is 551 g/mol. The highest BCUT2D eigenvalue weighted by Gasteiger charge is 2.24. The Balaban J connectivity index is 1.29. The number of carboxylic acid groups (broad SMARTS) is 1. The maximum absolute atomic E-state index is 11.1. The molecular weight excluding hydrogens is 522 g/mol. The first-order valence-corrected chi connectivity index (χ1v) is 13.8. The molecule has 0 atom stereocenters. The summed E-state index contributed by atoms with van der Waals surface area (Å²) >= 11 is 6.16. The van der Waals surface area contributed by atoms with Crippen molar-refractivity contribution < 1.29 is 14.6 Å². The van der Waals surface area contributed by atoms with Crippen LogP contribution in [0.5, 0.6) is 5.75 Å². The molecule has 0 radical (unpaired) electrons. The SMILES string of the molecule is COc1ccc2c3c(n(Cc4cccc(/C=C/c5ccc6ccc(Cl)cc6n5)c4)c2c1)CCN(CCC(=O)O)C3. The van der Waals surface area contributed by atoms with Crippen LogP contribution in [0.3, 0.4) is 0 Å². The topological polar surface area (TPSA) is 67.6 Å². The quantitative estimate of drug-likeness (QED) is 0.227. The predicted octanol–water partition coefficient (Wildman–Crippen LogP) is 6.90. The van der Waals surface area contributed by atoms with E-state index in [0.717, 1.165) is 59.5 Å². The number of carboxylic acids is 1. The van der Waals surface area contributed by atoms with Gasteiger partial charge in [-0.3, -0.25) is 9.69 Å². The van der Waals surface area contributed by atoms with E-state index in [2.05, 4.69) is 58.0 Å². The number of aliphatic carboxylic acids is 1. The number of benzene rings is 3. The molecule has 6 nitrogen and oxygen atoms in total. The lowest BCUT2D eigenvalue weighted by Gasteiger charge is -2.27. The molecule has 0 saturated carbocycles. The lowest BCUT2D eigenvalue weighted by molar-refractivity contribution is -0.137. The van der Waals surface area contributed by atoms with Crippen LogP contribution in [0.1, 0.15) is 34.5 Å². The van der Waals surface area contributed by atoms with E-state index in [1.807, 2.05) is 36.4 Å². The number of hydrogen-bond acceptors (Lipinski definition) is 4. The van der Waals surface area contributed by atoms with E-state index in [1.165, 1.54) is 22.2 Å². The van der Waals surface area contributed by atoms with Gasteiger partial charge in [-0.15, -0.1) is 0 Å². The summed E-state index contributed by atoms with van der Waals surface area (Å²) < 4.78 is 7.96. The maximum atomic E-state index is 11.1. The zero-order valence-electron chi connectivity index (χ0n) is 22.3. The van der Waals surface area contributed by atoms with Crippen LogP contribution >= 0.6 is 11.6 Å². The molecule has 1 aliphatic rings. The lowest BCUT2D eigenvalue weighted by atomic mass is 10.0. The van der Waals surface area contributed by atoms with Gasteiger partial charge >= 0.3 is 5.97 Å². The number of hydrogen-bond donors (Lipinski definition) is 1. The van der Waals surface area contributed by atoms with Gasteiger partial charge in [-0.2, -0.15) is 0 Å². The Morgan fingerprint density at radius 1 is 1.07 bits per heavy atom. The van der Waals surface area contributed by atoms with Crippen molar-refractivity contribution in [3.63, 3.8) is 0 Å². The van der Waals surface area contributed by atoms with Crippen molar-refractivity contribution in [2.75, 3.05) is 20.2 Å². The van der Waals surface area contributed by atoms with Crippen LogP contribution in [0.4, 0.5) is 0 Å². The van der Waals surface area contributed by atoms with Crippen molar-refractivity contribution >= 4 is 51.5 Å². The first-order chi connectivity index (χ1) is 19.5. The molecule has 6 rings (SSSR count). The van der Waals surface area contributed by atoms with Gasteiger partial charge in [-0.05, 0) is 59.2 Å². The molecule has 1 aliphatic heterocycles. The highest BCUT2D eigenvalue weighted by Crippen LogP contribution is 2.34. The summed E-state index contributed by atoms with van der Waals surface area (Å²) in [4.78, 5) is 18.1. The Labute approximate surface area is 238 Å². The Bertz CT molecular complexity index is 1760. The molecule has 0 spiro atoms. The smallest absolute Gasteiger partial charge is 0.304 e. The van der Waals surface area contributed by atoms with Crippen molar-refractivity contribution in [2.24, 2.45) is 0 Å². The molecule has 202 valence electrons. The fourth-order valence-electron chi connectivity index (χ4n) is 5.59. The summed E-state index contributed by atoms with van der Waals surface area (Å²) in [5.41, 5.74) is 7.81. The molecular formula is C33H30ClN3O3. The van der Waals surface area contributed by atoms with Crippen LogP contribution in [0.25, 0.3) is 34.0 Å². The summed E-state index contributed by atoms with van der Waals surface area (Å²) in [5.74, 6) is 0.0693. The number of aromatic nitrogens is 2. The van der Waals surface area contributed by atoms with Crippen molar-refractivity contribution in [3.8, 4) is 5.75 Å². The van der Waals surface area contributed by atoms with Crippen molar-refractivity contribution in [2.45, 2.75) is 25.9 Å². The zero-order chi connectivity index (χ0) is 27.6. The molecule has 5 aromatic rings. The zero-order valence-corrected chi connectivity index (χ0v) is 23.1. The van der Waals surface area contributed by atoms with E-state index in [4.69, 9.17) is 26.4 Å². The third-order valence-corrected chi connectivity index (χ3v) is 7.83. The fourth-order valence-corrected chi connectivity index (χ4v) is 5.76. The first kappa shape index (κ1) is 26.1. The van der Waals surface area contributed by atoms with E-state index in [0.29, 0.717) is 11.6 Å². The van der Waals surface area contributed by atoms with Gasteiger partial charge < -0.3 is 14.4 Å². The first-order valence-electron chi connectivity index (χ1n) is 13.4. The summed E-state index contributed by atoms with van der Waals surface area (Å²) in [6.45, 7) is 2.90. The number of rotatable bonds is 8. The van der Waals surface area contributed by atoms with Crippen LogP contribution in [0.2, 0.25) is 5.02 Å². The van der Waals surface area contributed by atoms with Gasteiger partial charge in [0.25, 0.3) is 0 Å². The number of carbonyl (C=O) groups is 1. The average molecular weight is 552 g/mol. The molecule has 0 unspecified atom stereocenters. The number of fused-ring (bicyclic) bond motifs is 4. The van der Waals surface area contributed by atoms with Gasteiger partial charge in [0, 0.05) is 60.2 Å². The molecule has 0 amide bonds. The van der Waals surface area contributed by atoms with E-state index < -0.39 is 5.97 Å². The largest absolute Gasteiger partial charge is 0.497 e. The summed E-state index contributed by atoms with van der Waals surface area (Å²) in [5, 5.41) is 12.1. The van der Waals surface area contributed by atoms with E-state index in [1.54, 1.807) is 7.11 Å². The van der Waals surface area contributed by atoms with Crippen LogP contribution in [-0.4, -0.2) is 45.7 Å². The van der Waals surface area contributed by atoms with Gasteiger partial charge in [0.15, 0.2) is 0 Å². The van der Waals surface area contributed by atoms with Crippen molar-refractivity contribution in [3.05, 3.63) is 106 Å². The van der Waals surface area contributed by atoms with E-state index in [9.17, 15) is 4.79 Å². The predicted molar refractivity (Wildman–Crippen MR) is 161 cm³/mol. The summed E-state index contributed by atoms with van der Waals surface area (Å²) in [6.07, 6.45) is 5.16. The average Bonchev–Trinajstić information content (AvgIpc) is 3.26. The minimum absolute atomic E-state index is 0.157. The van der Waals surface area contributed by atoms with E-state index in [-0.39, 0.29) is 6.42 Å². The molecule has 0 bridgehead atoms. The van der Waals surface area contributed by atoms with Crippen LogP contribution < -0.4 is 4.74 Å². The van der Waals surface area contributed by atoms with Crippen molar-refractivity contribution in [1.82, 2.24) is 14.5 Å². The van der Waals surface area contributed by atoms with Crippen LogP contribution in [0, 0.1) is 0 Å². The normalized spacial score (nSPS) is 13.8. The Hall–Kier alpha value is -4.13. The minimum Gasteiger partial charge on any atom is -0.497 e. The minimum atomic E-state index is -0.757. The second kappa shape index (κ2) is 11.2. The number of ether oxygens (including phenoxy) is 1. The second-order valence-electron chi connectivity index (χ2n) is 10.2. The van der Waals surface area contributed by atoms with Gasteiger partial charge in [-0.25, -0.2) is 4.98 Å². The third-order valence-electron chi connectivity index (χ3n) is 7.60. The molecule has 3 aromatic carbocycles. The second-order valence-corrected chi connectivity index (χ2v) is 10.7. The van der Waals surface area contributed by atoms with Gasteiger partial charge in [0.2, 0.25) is 0 Å². The summed E-state index contributed by atoms with van der Waals surface area (Å²) in [6, 6.07) is 24.6. The van der Waals surface area contributed by atoms with Crippen LogP contribution in [0.15, 0.2) is 72.8 Å². The molecule has 7 heteroatoms. The molecule has 1 N–H and O–H groups in total. The number of nitrogens with zero attached hydrogens (tertiary/aromatic N) is 3. The van der Waals surface area contributed by atoms with Gasteiger partial charge in [0.1, 0.15) is 5.75 Å². The molecule has 0 aliphatic carbocycles. The van der Waals surface area contributed by atoms with Crippen molar-refractivity contribution in [1.29, 1.82) is 0 Å². The standard InChI is InChI=1S/C33H30ClN3O3/c1-40-27-11-12-28-29-21-36(16-14-33(38)39)15-13-31(29)37(32(28)19-27)20-23-4-2-3-22(17-23)5-9-26-10-7-24-6-8-25(34)18-30(24)35-26/h2-12,17-19H,13-16,20-21H2,1H3,(H,38,39)/b9-5+. The van der Waals surface area contributed by atoms with E-state index >= 15 is 0 Å². The Kier molecular flexibility index (Phi) is 7.29. The van der Waals surface area contributed by atoms with Crippen LogP contribution in [-0.2, 0) is 24.3 Å². The molecule has 40 heavy (non-hydrogen) atoms. The summed E-state index contributed by atoms with van der Waals surface area (Å²) in [7, 11) is 1.69. The number of halogens is 1. The molecule has 2 aromatic heterocycles. The maximum Gasteiger partial charge on any atom is 0.304 e. The van der Waals surface area contributed by atoms with Gasteiger partial charge in [-0.1, -0.05) is 48.0 Å². The number of methoxy groups -OCH3 is 1. The fraction of sp³-hybridized carbons (Fsp3) is 0.212. The van der Waals surface area contributed by atoms with Gasteiger partial charge in [0.05, 0.1) is 30.3 Å². The molecule has 0 saturated heterocycles.